The van der Waals surface area contributed by atoms with Gasteiger partial charge < -0.3 is 0 Å². The van der Waals surface area contributed by atoms with Crippen molar-refractivity contribution in [1.82, 2.24) is 0 Å². The highest BCUT2D eigenvalue weighted by Crippen LogP contribution is 2.60. The van der Waals surface area contributed by atoms with E-state index in [2.05, 4.69) is 3.63 Å². The van der Waals surface area contributed by atoms with Crippen LogP contribution >= 0.6 is 10.3 Å². The molecule has 0 radical (unpaired) electrons. The molecule has 1 rings (SSSR count). The first-order valence-electron chi connectivity index (χ1n) is 7.77. The molecule has 17 heteroatoms. The summed E-state index contributed by atoms with van der Waals surface area (Å²) in [6.45, 7) is 0. The number of rotatable bonds is 9. The van der Waals surface area contributed by atoms with Crippen LogP contribution in [0.2, 0.25) is 0 Å². The van der Waals surface area contributed by atoms with Crippen molar-refractivity contribution in [2.24, 2.45) is 0 Å². The monoisotopic (exact) mass is 530 g/mol. The standard InChI is InChI=1S/C15H13F11O4S2/c1-31(2,8-10(27)9-6-4-3-5-7-9)30-32(28,29)15(25,26)13(20,21)11(16,17)12(18,19)14(22,23)24/h3-7H,8H2,1-2H3. The first-order valence-corrected chi connectivity index (χ1v) is 11.7. The van der Waals surface area contributed by atoms with Gasteiger partial charge in [-0.2, -0.15) is 56.7 Å². The summed E-state index contributed by atoms with van der Waals surface area (Å²) < 4.78 is 171. The molecule has 0 unspecified atom stereocenters. The molecule has 1 aromatic carbocycles. The fraction of sp³-hybridized carbons (Fsp3) is 0.533. The van der Waals surface area contributed by atoms with E-state index >= 15 is 0 Å². The number of alkyl halides is 11. The predicted octanol–water partition coefficient (Wildman–Crippen LogP) is 5.26. The van der Waals surface area contributed by atoms with Crippen LogP contribution in [0.15, 0.2) is 30.3 Å². The van der Waals surface area contributed by atoms with E-state index in [-0.39, 0.29) is 5.56 Å². The molecular formula is C15H13F11O4S2. The summed E-state index contributed by atoms with van der Waals surface area (Å²) in [4.78, 5) is 12.1. The summed E-state index contributed by atoms with van der Waals surface area (Å²) in [6.07, 6.45) is -6.13. The lowest BCUT2D eigenvalue weighted by Crippen LogP contribution is -2.68. The topological polar surface area (TPSA) is 60.4 Å². The smallest absolute Gasteiger partial charge is 0.293 e. The van der Waals surface area contributed by atoms with Gasteiger partial charge in [0.25, 0.3) is 0 Å². The summed E-state index contributed by atoms with van der Waals surface area (Å²) in [7, 11) is -10.9. The van der Waals surface area contributed by atoms with Gasteiger partial charge in [0.2, 0.25) is 0 Å². The fourth-order valence-corrected chi connectivity index (χ4v) is 5.76. The second-order valence-corrected chi connectivity index (χ2v) is 11.8. The molecule has 4 nitrogen and oxygen atoms in total. The summed E-state index contributed by atoms with van der Waals surface area (Å²) >= 11 is 0. The third-order valence-corrected chi connectivity index (χ3v) is 7.70. The molecule has 0 atom stereocenters. The number of hydrogen-bond donors (Lipinski definition) is 0. The molecule has 0 saturated heterocycles. The molecule has 0 N–H and O–H groups in total. The van der Waals surface area contributed by atoms with E-state index in [1.165, 1.54) is 30.3 Å². The maximum absolute atomic E-state index is 13.9. The average Bonchev–Trinajstić information content (AvgIpc) is 2.59. The molecule has 0 saturated carbocycles. The minimum atomic E-state index is -7.91. The van der Waals surface area contributed by atoms with E-state index in [1.807, 2.05) is 0 Å². The van der Waals surface area contributed by atoms with Crippen molar-refractivity contribution in [1.29, 1.82) is 0 Å². The number of Topliss-reactive ketones (excluding diaryl/α,β-unsaturated/α-hetero) is 1. The molecule has 0 aliphatic carbocycles. The van der Waals surface area contributed by atoms with Crippen molar-refractivity contribution in [3.63, 3.8) is 0 Å². The van der Waals surface area contributed by atoms with E-state index in [0.717, 1.165) is 0 Å². The molecule has 0 aliphatic rings. The Balaban J connectivity index is 3.32. The second kappa shape index (κ2) is 8.30. The molecule has 0 aliphatic heterocycles. The van der Waals surface area contributed by atoms with Crippen molar-refractivity contribution in [2.45, 2.75) is 29.2 Å². The Bertz CT molecular complexity index is 942. The highest BCUT2D eigenvalue weighted by Gasteiger charge is 2.90. The third-order valence-electron chi connectivity index (χ3n) is 3.67. The van der Waals surface area contributed by atoms with Gasteiger partial charge in [0.05, 0.1) is 5.75 Å². The van der Waals surface area contributed by atoms with Crippen molar-refractivity contribution in [3.05, 3.63) is 35.9 Å². The van der Waals surface area contributed by atoms with E-state index in [0.29, 0.717) is 12.5 Å². The zero-order valence-electron chi connectivity index (χ0n) is 15.7. The Hall–Kier alpha value is -1.62. The van der Waals surface area contributed by atoms with Crippen molar-refractivity contribution < 1.29 is 65.1 Å². The predicted molar refractivity (Wildman–Crippen MR) is 90.9 cm³/mol. The van der Waals surface area contributed by atoms with Gasteiger partial charge >= 0.3 is 39.3 Å². The average molecular weight is 530 g/mol. The van der Waals surface area contributed by atoms with Gasteiger partial charge in [-0.25, -0.2) is 3.63 Å². The van der Waals surface area contributed by atoms with Gasteiger partial charge in [0.15, 0.2) is 5.78 Å². The van der Waals surface area contributed by atoms with Crippen LogP contribution in [-0.2, 0) is 13.7 Å². The molecule has 0 amide bonds. The number of benzene rings is 1. The third kappa shape index (κ3) is 4.83. The van der Waals surface area contributed by atoms with Crippen molar-refractivity contribution >= 4 is 26.2 Å². The quantitative estimate of drug-likeness (QED) is 0.323. The Kier molecular flexibility index (Phi) is 7.37. The Labute approximate surface area is 175 Å². The summed E-state index contributed by atoms with van der Waals surface area (Å²) in [5, 5.41) is -7.25. The van der Waals surface area contributed by atoms with Gasteiger partial charge in [-0.3, -0.25) is 4.79 Å². The second-order valence-electron chi connectivity index (χ2n) is 6.63. The molecule has 32 heavy (non-hydrogen) atoms. The van der Waals surface area contributed by atoms with Gasteiger partial charge in [0.1, 0.15) is 0 Å². The Morgan fingerprint density at radius 1 is 0.781 bits per heavy atom. The first-order chi connectivity index (χ1) is 13.9. The lowest BCUT2D eigenvalue weighted by atomic mass is 10.0. The van der Waals surface area contributed by atoms with E-state index < -0.39 is 61.2 Å². The molecular weight excluding hydrogens is 517 g/mol. The van der Waals surface area contributed by atoms with Crippen LogP contribution in [-0.4, -0.2) is 61.7 Å². The minimum absolute atomic E-state index is 0.109. The van der Waals surface area contributed by atoms with Crippen LogP contribution in [0.25, 0.3) is 0 Å². The normalized spacial score (nSPS) is 15.5. The fourth-order valence-electron chi connectivity index (χ4n) is 2.05. The molecule has 0 fully saturated rings. The number of carbonyl (C=O) groups is 1. The number of hydrogen-bond acceptors (Lipinski definition) is 4. The van der Waals surface area contributed by atoms with Crippen LogP contribution < -0.4 is 0 Å². The molecule has 186 valence electrons. The molecule has 0 aromatic heterocycles. The SMILES string of the molecule is CS(C)(CC(=O)c1ccccc1)OS(=O)(=O)C(F)(F)C(F)(F)C(F)(F)C(F)(F)C(F)(F)F. The van der Waals surface area contributed by atoms with Crippen LogP contribution in [0.4, 0.5) is 48.3 Å². The van der Waals surface area contributed by atoms with E-state index in [4.69, 9.17) is 0 Å². The summed E-state index contributed by atoms with van der Waals surface area (Å²) in [5.41, 5.74) is -0.109. The number of halogens is 11. The largest absolute Gasteiger partial charge is 0.460 e. The van der Waals surface area contributed by atoms with Crippen LogP contribution in [0.5, 0.6) is 0 Å². The van der Waals surface area contributed by atoms with Crippen LogP contribution in [0.1, 0.15) is 10.4 Å². The van der Waals surface area contributed by atoms with E-state index in [1.54, 1.807) is 0 Å². The van der Waals surface area contributed by atoms with Gasteiger partial charge in [0, 0.05) is 5.56 Å². The summed E-state index contributed by atoms with van der Waals surface area (Å²) in [5.74, 6) is -25.4. The van der Waals surface area contributed by atoms with Gasteiger partial charge in [-0.15, -0.1) is 10.3 Å². The highest BCUT2D eigenvalue weighted by molar-refractivity contribution is 8.32. The lowest BCUT2D eigenvalue weighted by molar-refractivity contribution is -0.413. The molecule has 1 aromatic rings. The zero-order chi connectivity index (χ0) is 25.6. The number of carbonyl (C=O) groups excluding carboxylic acids is 1. The maximum atomic E-state index is 13.9. The molecule has 0 bridgehead atoms. The first kappa shape index (κ1) is 28.4. The highest BCUT2D eigenvalue weighted by atomic mass is 32.3. The van der Waals surface area contributed by atoms with Crippen molar-refractivity contribution in [3.8, 4) is 0 Å². The zero-order valence-corrected chi connectivity index (χ0v) is 17.3. The number of ketones is 1. The van der Waals surface area contributed by atoms with Gasteiger partial charge in [-0.1, -0.05) is 30.3 Å². The molecule has 0 heterocycles. The Morgan fingerprint density at radius 3 is 1.62 bits per heavy atom. The van der Waals surface area contributed by atoms with Gasteiger partial charge in [-0.05, 0) is 12.5 Å². The van der Waals surface area contributed by atoms with Crippen molar-refractivity contribution in [2.75, 3.05) is 18.3 Å². The Morgan fingerprint density at radius 2 is 1.22 bits per heavy atom. The van der Waals surface area contributed by atoms with Crippen LogP contribution in [0, 0.1) is 0 Å². The molecule has 0 spiro atoms. The van der Waals surface area contributed by atoms with E-state index in [9.17, 15) is 61.5 Å². The summed E-state index contributed by atoms with van der Waals surface area (Å²) in [6, 6.07) is 6.51. The minimum Gasteiger partial charge on any atom is -0.293 e. The lowest BCUT2D eigenvalue weighted by Gasteiger charge is -2.38. The van der Waals surface area contributed by atoms with Crippen LogP contribution in [0.3, 0.4) is 0 Å². The maximum Gasteiger partial charge on any atom is 0.460 e.